The van der Waals surface area contributed by atoms with Crippen molar-refractivity contribution in [3.05, 3.63) is 33.8 Å². The van der Waals surface area contributed by atoms with E-state index in [-0.39, 0.29) is 15.5 Å². The molecule has 2 rings (SSSR count). The SMILES string of the molecule is C[C@@]1(c2ccc(Cl)cc2Cl)NC(=O)N(CC(F)(F)F)C1=O. The van der Waals surface area contributed by atoms with Crippen molar-refractivity contribution in [3.63, 3.8) is 0 Å². The van der Waals surface area contributed by atoms with E-state index in [1.807, 2.05) is 0 Å². The number of halogens is 5. The van der Waals surface area contributed by atoms with Crippen LogP contribution in [0.2, 0.25) is 10.0 Å². The van der Waals surface area contributed by atoms with Gasteiger partial charge in [-0.05, 0) is 19.1 Å². The summed E-state index contributed by atoms with van der Waals surface area (Å²) in [4.78, 5) is 24.0. The molecule has 1 aliphatic heterocycles. The van der Waals surface area contributed by atoms with E-state index in [2.05, 4.69) is 5.32 Å². The fourth-order valence-corrected chi connectivity index (χ4v) is 2.69. The number of carbonyl (C=O) groups is 2. The van der Waals surface area contributed by atoms with Crippen LogP contribution in [0.25, 0.3) is 0 Å². The molecule has 1 heterocycles. The van der Waals surface area contributed by atoms with Crippen molar-refractivity contribution in [1.29, 1.82) is 0 Å². The molecule has 0 aromatic heterocycles. The molecule has 4 nitrogen and oxygen atoms in total. The maximum Gasteiger partial charge on any atom is 0.406 e. The Balaban J connectivity index is 2.40. The standard InChI is InChI=1S/C12H9Cl2F3N2O2/c1-11(7-3-2-6(13)4-8(7)14)9(20)19(10(21)18-11)5-12(15,16)17/h2-4H,5H2,1H3,(H,18,21)/t11-/m0/s1. The molecule has 1 fully saturated rings. The summed E-state index contributed by atoms with van der Waals surface area (Å²) in [6, 6.07) is 3.04. The number of nitrogens with zero attached hydrogens (tertiary/aromatic N) is 1. The lowest BCUT2D eigenvalue weighted by atomic mass is 9.92. The highest BCUT2D eigenvalue weighted by Crippen LogP contribution is 2.35. The zero-order valence-corrected chi connectivity index (χ0v) is 12.1. The predicted molar refractivity (Wildman–Crippen MR) is 70.1 cm³/mol. The maximum atomic E-state index is 12.4. The van der Waals surface area contributed by atoms with Crippen LogP contribution in [0.5, 0.6) is 0 Å². The summed E-state index contributed by atoms with van der Waals surface area (Å²) >= 11 is 11.7. The first-order valence-corrected chi connectivity index (χ1v) is 6.46. The number of urea groups is 1. The first-order chi connectivity index (χ1) is 9.54. The number of hydrogen-bond acceptors (Lipinski definition) is 2. The zero-order chi connectivity index (χ0) is 16.0. The van der Waals surface area contributed by atoms with Crippen molar-refractivity contribution < 1.29 is 22.8 Å². The van der Waals surface area contributed by atoms with E-state index in [9.17, 15) is 22.8 Å². The fourth-order valence-electron chi connectivity index (χ4n) is 2.10. The predicted octanol–water partition coefficient (Wildman–Crippen LogP) is 3.32. The average Bonchev–Trinajstić information content (AvgIpc) is 2.52. The Hall–Kier alpha value is -1.47. The van der Waals surface area contributed by atoms with Gasteiger partial charge in [-0.1, -0.05) is 29.3 Å². The second kappa shape index (κ2) is 5.06. The van der Waals surface area contributed by atoms with Gasteiger partial charge in [0.25, 0.3) is 5.91 Å². The van der Waals surface area contributed by atoms with Crippen LogP contribution in [-0.4, -0.2) is 29.6 Å². The molecule has 0 aliphatic carbocycles. The van der Waals surface area contributed by atoms with Gasteiger partial charge in [-0.15, -0.1) is 0 Å². The first kappa shape index (κ1) is 15.9. The van der Waals surface area contributed by atoms with Crippen molar-refractivity contribution in [2.45, 2.75) is 18.6 Å². The Morgan fingerprint density at radius 1 is 1.29 bits per heavy atom. The van der Waals surface area contributed by atoms with Crippen molar-refractivity contribution in [2.75, 3.05) is 6.54 Å². The van der Waals surface area contributed by atoms with E-state index in [1.165, 1.54) is 25.1 Å². The lowest BCUT2D eigenvalue weighted by Crippen LogP contribution is -2.42. The van der Waals surface area contributed by atoms with E-state index in [1.54, 1.807) is 0 Å². The number of carbonyl (C=O) groups excluding carboxylic acids is 2. The third kappa shape index (κ3) is 2.94. The van der Waals surface area contributed by atoms with E-state index in [0.29, 0.717) is 5.02 Å². The van der Waals surface area contributed by atoms with Gasteiger partial charge in [0, 0.05) is 15.6 Å². The minimum Gasteiger partial charge on any atom is -0.319 e. The minimum atomic E-state index is -4.68. The molecule has 0 spiro atoms. The molecular formula is C12H9Cl2F3N2O2. The van der Waals surface area contributed by atoms with Gasteiger partial charge in [0.15, 0.2) is 0 Å². The number of rotatable bonds is 2. The number of imide groups is 1. The summed E-state index contributed by atoms with van der Waals surface area (Å²) < 4.78 is 37.3. The van der Waals surface area contributed by atoms with Gasteiger partial charge in [-0.3, -0.25) is 9.69 Å². The maximum absolute atomic E-state index is 12.4. The second-order valence-corrected chi connectivity index (χ2v) is 5.53. The summed E-state index contributed by atoms with van der Waals surface area (Å²) in [5, 5.41) is 2.62. The molecule has 0 unspecified atom stereocenters. The van der Waals surface area contributed by atoms with Crippen LogP contribution in [0.4, 0.5) is 18.0 Å². The quantitative estimate of drug-likeness (QED) is 0.839. The van der Waals surface area contributed by atoms with Gasteiger partial charge in [-0.25, -0.2) is 4.79 Å². The topological polar surface area (TPSA) is 49.4 Å². The number of benzene rings is 1. The monoisotopic (exact) mass is 340 g/mol. The number of nitrogens with one attached hydrogen (secondary N) is 1. The lowest BCUT2D eigenvalue weighted by molar-refractivity contribution is -0.154. The molecule has 1 saturated heterocycles. The molecular weight excluding hydrogens is 332 g/mol. The summed E-state index contributed by atoms with van der Waals surface area (Å²) in [5.41, 5.74) is -1.49. The molecule has 1 atom stereocenters. The van der Waals surface area contributed by atoms with E-state index in [4.69, 9.17) is 23.2 Å². The van der Waals surface area contributed by atoms with E-state index in [0.717, 1.165) is 0 Å². The molecule has 114 valence electrons. The van der Waals surface area contributed by atoms with Crippen molar-refractivity contribution in [2.24, 2.45) is 0 Å². The average molecular weight is 341 g/mol. The molecule has 1 aliphatic rings. The zero-order valence-electron chi connectivity index (χ0n) is 10.6. The third-order valence-electron chi connectivity index (χ3n) is 3.08. The van der Waals surface area contributed by atoms with Crippen LogP contribution in [0, 0.1) is 0 Å². The summed E-state index contributed by atoms with van der Waals surface area (Å²) in [5.74, 6) is -1.02. The molecule has 21 heavy (non-hydrogen) atoms. The molecule has 0 bridgehead atoms. The van der Waals surface area contributed by atoms with E-state index >= 15 is 0 Å². The van der Waals surface area contributed by atoms with Crippen molar-refractivity contribution in [3.8, 4) is 0 Å². The molecule has 0 saturated carbocycles. The highest BCUT2D eigenvalue weighted by Gasteiger charge is 2.52. The number of alkyl halides is 3. The Morgan fingerprint density at radius 3 is 2.43 bits per heavy atom. The molecule has 1 aromatic rings. The van der Waals surface area contributed by atoms with Gasteiger partial charge < -0.3 is 5.32 Å². The summed E-state index contributed by atoms with van der Waals surface area (Å²) in [6.07, 6.45) is -4.68. The molecule has 1 aromatic carbocycles. The van der Waals surface area contributed by atoms with Gasteiger partial charge >= 0.3 is 12.2 Å². The van der Waals surface area contributed by atoms with Gasteiger partial charge in [0.1, 0.15) is 12.1 Å². The van der Waals surface area contributed by atoms with Gasteiger partial charge in [0.05, 0.1) is 0 Å². The Kier molecular flexibility index (Phi) is 3.84. The largest absolute Gasteiger partial charge is 0.406 e. The van der Waals surface area contributed by atoms with Gasteiger partial charge in [-0.2, -0.15) is 13.2 Å². The number of hydrogen-bond donors (Lipinski definition) is 1. The van der Waals surface area contributed by atoms with Crippen LogP contribution < -0.4 is 5.32 Å². The van der Waals surface area contributed by atoms with Crippen LogP contribution in [0.15, 0.2) is 18.2 Å². The van der Waals surface area contributed by atoms with Crippen LogP contribution >= 0.6 is 23.2 Å². The Morgan fingerprint density at radius 2 is 1.90 bits per heavy atom. The van der Waals surface area contributed by atoms with Crippen molar-refractivity contribution in [1.82, 2.24) is 10.2 Å². The highest BCUT2D eigenvalue weighted by atomic mass is 35.5. The summed E-state index contributed by atoms with van der Waals surface area (Å²) in [7, 11) is 0. The Bertz CT molecular complexity index is 621. The molecule has 0 radical (unpaired) electrons. The van der Waals surface area contributed by atoms with Crippen LogP contribution in [0.1, 0.15) is 12.5 Å². The second-order valence-electron chi connectivity index (χ2n) is 4.69. The first-order valence-electron chi connectivity index (χ1n) is 5.71. The minimum absolute atomic E-state index is 0.0764. The molecule has 3 amide bonds. The fraction of sp³-hybridized carbons (Fsp3) is 0.333. The smallest absolute Gasteiger partial charge is 0.319 e. The highest BCUT2D eigenvalue weighted by molar-refractivity contribution is 6.35. The third-order valence-corrected chi connectivity index (χ3v) is 3.63. The summed E-state index contributed by atoms with van der Waals surface area (Å²) in [6.45, 7) is -0.364. The van der Waals surface area contributed by atoms with Crippen molar-refractivity contribution >= 4 is 35.1 Å². The van der Waals surface area contributed by atoms with Gasteiger partial charge in [0.2, 0.25) is 0 Å². The lowest BCUT2D eigenvalue weighted by Gasteiger charge is -2.23. The number of amides is 3. The molecule has 1 N–H and O–H groups in total. The van der Waals surface area contributed by atoms with Crippen LogP contribution in [-0.2, 0) is 10.3 Å². The Labute approximate surface area is 127 Å². The normalized spacial score (nSPS) is 22.7. The van der Waals surface area contributed by atoms with Crippen LogP contribution in [0.3, 0.4) is 0 Å². The molecule has 9 heteroatoms. The van der Waals surface area contributed by atoms with E-state index < -0.39 is 30.2 Å².